The van der Waals surface area contributed by atoms with E-state index in [0.717, 1.165) is 23.2 Å². The van der Waals surface area contributed by atoms with Gasteiger partial charge >= 0.3 is 0 Å². The molecule has 0 N–H and O–H groups in total. The molecular weight excluding hydrogens is 348 g/mol. The second-order valence-electron chi connectivity index (χ2n) is 7.27. The van der Waals surface area contributed by atoms with Gasteiger partial charge in [-0.1, -0.05) is 66.7 Å². The summed E-state index contributed by atoms with van der Waals surface area (Å²) in [6, 6.07) is 24.6. The molecular formula is C24H20N2O2. The van der Waals surface area contributed by atoms with Gasteiger partial charge in [0.2, 0.25) is 0 Å². The molecule has 1 atom stereocenters. The van der Waals surface area contributed by atoms with Crippen LogP contribution in [0.4, 0.5) is 5.69 Å². The molecule has 3 aromatic carbocycles. The largest absolute Gasteiger partial charge is 0.318 e. The van der Waals surface area contributed by atoms with Crippen LogP contribution in [-0.2, 0) is 17.8 Å². The van der Waals surface area contributed by atoms with Crippen LogP contribution in [0.2, 0.25) is 0 Å². The Hall–Kier alpha value is -3.40. The maximum atomic E-state index is 13.7. The molecule has 2 aliphatic rings. The van der Waals surface area contributed by atoms with Crippen LogP contribution in [0, 0.1) is 0 Å². The fourth-order valence-electron chi connectivity index (χ4n) is 4.29. The average molecular weight is 368 g/mol. The van der Waals surface area contributed by atoms with E-state index in [4.69, 9.17) is 0 Å². The van der Waals surface area contributed by atoms with E-state index in [0.29, 0.717) is 18.7 Å². The van der Waals surface area contributed by atoms with Gasteiger partial charge in [-0.15, -0.1) is 0 Å². The Morgan fingerprint density at radius 1 is 0.821 bits per heavy atom. The third kappa shape index (κ3) is 2.61. The number of benzene rings is 3. The SMILES string of the molecule is O=C(C(c1ccccc1)N1Cc2ccccc2C1=O)N1CCc2ccccc21. The van der Waals surface area contributed by atoms with Crippen LogP contribution in [0.5, 0.6) is 0 Å². The van der Waals surface area contributed by atoms with E-state index < -0.39 is 6.04 Å². The Labute approximate surface area is 164 Å². The number of carbonyl (C=O) groups excluding carboxylic acids is 2. The van der Waals surface area contributed by atoms with Gasteiger partial charge in [0, 0.05) is 24.3 Å². The molecule has 0 spiro atoms. The summed E-state index contributed by atoms with van der Waals surface area (Å²) >= 11 is 0. The Morgan fingerprint density at radius 3 is 2.29 bits per heavy atom. The molecule has 0 radical (unpaired) electrons. The van der Waals surface area contributed by atoms with Crippen LogP contribution >= 0.6 is 0 Å². The highest BCUT2D eigenvalue weighted by Crippen LogP contribution is 2.36. The van der Waals surface area contributed by atoms with Crippen LogP contribution in [0.1, 0.15) is 33.1 Å². The zero-order chi connectivity index (χ0) is 19.1. The quantitative estimate of drug-likeness (QED) is 0.702. The molecule has 0 fully saturated rings. The van der Waals surface area contributed by atoms with Crippen molar-refractivity contribution in [3.8, 4) is 0 Å². The van der Waals surface area contributed by atoms with Crippen molar-refractivity contribution in [3.63, 3.8) is 0 Å². The van der Waals surface area contributed by atoms with Gasteiger partial charge in [0.05, 0.1) is 0 Å². The second-order valence-corrected chi connectivity index (χ2v) is 7.27. The zero-order valence-electron chi connectivity index (χ0n) is 15.4. The highest BCUT2D eigenvalue weighted by atomic mass is 16.2. The molecule has 4 nitrogen and oxygen atoms in total. The van der Waals surface area contributed by atoms with Crippen LogP contribution in [0.15, 0.2) is 78.9 Å². The summed E-state index contributed by atoms with van der Waals surface area (Å²) in [6.45, 7) is 1.10. The normalized spacial score (nSPS) is 16.1. The minimum absolute atomic E-state index is 0.0442. The lowest BCUT2D eigenvalue weighted by Gasteiger charge is -2.31. The number of amides is 2. The molecule has 0 saturated carbocycles. The molecule has 1 unspecified atom stereocenters. The third-order valence-electron chi connectivity index (χ3n) is 5.66. The van der Waals surface area contributed by atoms with Gasteiger partial charge in [-0.25, -0.2) is 0 Å². The van der Waals surface area contributed by atoms with Crippen molar-refractivity contribution in [1.29, 1.82) is 0 Å². The summed E-state index contributed by atoms with van der Waals surface area (Å²) < 4.78 is 0. The molecule has 28 heavy (non-hydrogen) atoms. The Kier molecular flexibility index (Phi) is 3.97. The fourth-order valence-corrected chi connectivity index (χ4v) is 4.29. The topological polar surface area (TPSA) is 40.6 Å². The summed E-state index contributed by atoms with van der Waals surface area (Å²) in [7, 11) is 0. The molecule has 2 heterocycles. The smallest absolute Gasteiger partial charge is 0.255 e. The monoisotopic (exact) mass is 368 g/mol. The van der Waals surface area contributed by atoms with Crippen molar-refractivity contribution in [1.82, 2.24) is 4.90 Å². The van der Waals surface area contributed by atoms with Gasteiger partial charge in [-0.3, -0.25) is 9.59 Å². The predicted octanol–water partition coefficient (Wildman–Crippen LogP) is 3.97. The first kappa shape index (κ1) is 16.8. The number of fused-ring (bicyclic) bond motifs is 2. The van der Waals surface area contributed by atoms with Gasteiger partial charge in [-0.05, 0) is 35.2 Å². The molecule has 138 valence electrons. The van der Waals surface area contributed by atoms with Crippen molar-refractivity contribution in [3.05, 3.63) is 101 Å². The van der Waals surface area contributed by atoms with E-state index in [1.54, 1.807) is 4.90 Å². The molecule has 5 rings (SSSR count). The lowest BCUT2D eigenvalue weighted by Crippen LogP contribution is -2.42. The van der Waals surface area contributed by atoms with Gasteiger partial charge in [0.1, 0.15) is 6.04 Å². The van der Waals surface area contributed by atoms with E-state index in [1.807, 2.05) is 77.7 Å². The van der Waals surface area contributed by atoms with Crippen molar-refractivity contribution < 1.29 is 9.59 Å². The predicted molar refractivity (Wildman–Crippen MR) is 108 cm³/mol. The van der Waals surface area contributed by atoms with Crippen LogP contribution < -0.4 is 4.90 Å². The first-order valence-corrected chi connectivity index (χ1v) is 9.57. The maximum absolute atomic E-state index is 13.7. The van der Waals surface area contributed by atoms with Crippen molar-refractivity contribution in [2.45, 2.75) is 19.0 Å². The number of carbonyl (C=O) groups is 2. The van der Waals surface area contributed by atoms with E-state index >= 15 is 0 Å². The number of para-hydroxylation sites is 1. The average Bonchev–Trinajstić information content (AvgIpc) is 3.31. The number of anilines is 1. The Morgan fingerprint density at radius 2 is 1.50 bits per heavy atom. The number of nitrogens with zero attached hydrogens (tertiary/aromatic N) is 2. The van der Waals surface area contributed by atoms with E-state index in [9.17, 15) is 9.59 Å². The Balaban J connectivity index is 1.56. The minimum Gasteiger partial charge on any atom is -0.318 e. The Bertz CT molecular complexity index is 1060. The van der Waals surface area contributed by atoms with Crippen LogP contribution in [0.3, 0.4) is 0 Å². The van der Waals surface area contributed by atoms with E-state index in [2.05, 4.69) is 6.07 Å². The lowest BCUT2D eigenvalue weighted by atomic mass is 10.0. The van der Waals surface area contributed by atoms with Crippen LogP contribution in [0.25, 0.3) is 0 Å². The maximum Gasteiger partial charge on any atom is 0.255 e. The van der Waals surface area contributed by atoms with E-state index in [1.165, 1.54) is 5.56 Å². The molecule has 2 amide bonds. The highest BCUT2D eigenvalue weighted by molar-refractivity contribution is 6.05. The van der Waals surface area contributed by atoms with Gasteiger partial charge in [0.15, 0.2) is 0 Å². The zero-order valence-corrected chi connectivity index (χ0v) is 15.4. The molecule has 4 heteroatoms. The molecule has 0 aromatic heterocycles. The van der Waals surface area contributed by atoms with Gasteiger partial charge in [-0.2, -0.15) is 0 Å². The number of hydrogen-bond donors (Lipinski definition) is 0. The third-order valence-corrected chi connectivity index (χ3v) is 5.66. The summed E-state index contributed by atoms with van der Waals surface area (Å²) in [5.74, 6) is -0.123. The number of rotatable bonds is 3. The fraction of sp³-hybridized carbons (Fsp3) is 0.167. The highest BCUT2D eigenvalue weighted by Gasteiger charge is 2.40. The first-order valence-electron chi connectivity index (χ1n) is 9.57. The standard InChI is InChI=1S/C24H20N2O2/c27-23-20-12-6-4-11-19(20)16-26(23)22(18-9-2-1-3-10-18)24(28)25-15-14-17-8-5-7-13-21(17)25/h1-13,22H,14-16H2. The van der Waals surface area contributed by atoms with Gasteiger partial charge in [0.25, 0.3) is 11.8 Å². The van der Waals surface area contributed by atoms with Crippen molar-refractivity contribution in [2.24, 2.45) is 0 Å². The molecule has 0 bridgehead atoms. The lowest BCUT2D eigenvalue weighted by molar-refractivity contribution is -0.123. The molecule has 0 saturated heterocycles. The summed E-state index contributed by atoms with van der Waals surface area (Å²) in [5.41, 5.74) is 4.65. The van der Waals surface area contributed by atoms with E-state index in [-0.39, 0.29) is 11.8 Å². The summed E-state index contributed by atoms with van der Waals surface area (Å²) in [5, 5.41) is 0. The van der Waals surface area contributed by atoms with Crippen molar-refractivity contribution >= 4 is 17.5 Å². The summed E-state index contributed by atoms with van der Waals surface area (Å²) in [6.07, 6.45) is 0.845. The molecule has 2 aliphatic heterocycles. The molecule has 3 aromatic rings. The first-order chi connectivity index (χ1) is 13.7. The molecule has 0 aliphatic carbocycles. The number of hydrogen-bond acceptors (Lipinski definition) is 2. The van der Waals surface area contributed by atoms with Crippen molar-refractivity contribution in [2.75, 3.05) is 11.4 Å². The minimum atomic E-state index is -0.632. The van der Waals surface area contributed by atoms with Gasteiger partial charge < -0.3 is 9.80 Å². The second kappa shape index (κ2) is 6.64. The summed E-state index contributed by atoms with van der Waals surface area (Å²) in [4.78, 5) is 30.4. The van der Waals surface area contributed by atoms with Crippen LogP contribution in [-0.4, -0.2) is 23.3 Å².